The van der Waals surface area contributed by atoms with Gasteiger partial charge in [0.1, 0.15) is 0 Å². The maximum absolute atomic E-state index is 11.9. The van der Waals surface area contributed by atoms with Gasteiger partial charge in [-0.3, -0.25) is 9.79 Å². The van der Waals surface area contributed by atoms with E-state index in [2.05, 4.69) is 20.9 Å². The van der Waals surface area contributed by atoms with Crippen LogP contribution in [0.25, 0.3) is 0 Å². The first-order chi connectivity index (χ1) is 13.8. The molecule has 0 fully saturated rings. The molecular formula is C21H28Cl2IN5O. The number of benzene rings is 2. The fourth-order valence-corrected chi connectivity index (χ4v) is 3.33. The van der Waals surface area contributed by atoms with Crippen LogP contribution in [0, 0.1) is 0 Å². The Labute approximate surface area is 205 Å². The maximum Gasteiger partial charge on any atom is 0.238 e. The lowest BCUT2D eigenvalue weighted by atomic mass is 10.1. The molecule has 30 heavy (non-hydrogen) atoms. The van der Waals surface area contributed by atoms with E-state index < -0.39 is 0 Å². The van der Waals surface area contributed by atoms with Crippen molar-refractivity contribution in [3.05, 3.63) is 63.6 Å². The second-order valence-corrected chi connectivity index (χ2v) is 7.79. The van der Waals surface area contributed by atoms with Crippen molar-refractivity contribution < 1.29 is 4.79 Å². The van der Waals surface area contributed by atoms with E-state index in [1.165, 1.54) is 0 Å². The number of nitrogens with one attached hydrogen (secondary N) is 3. The second kappa shape index (κ2) is 13.0. The van der Waals surface area contributed by atoms with E-state index in [4.69, 9.17) is 23.2 Å². The highest BCUT2D eigenvalue weighted by atomic mass is 127. The van der Waals surface area contributed by atoms with Crippen LogP contribution in [0.2, 0.25) is 10.0 Å². The van der Waals surface area contributed by atoms with Gasteiger partial charge in [0, 0.05) is 29.3 Å². The van der Waals surface area contributed by atoms with Crippen molar-refractivity contribution in [3.63, 3.8) is 0 Å². The molecule has 1 atom stereocenters. The van der Waals surface area contributed by atoms with Gasteiger partial charge in [0.05, 0.1) is 12.6 Å². The monoisotopic (exact) mass is 563 g/mol. The van der Waals surface area contributed by atoms with E-state index in [-0.39, 0.29) is 35.9 Å². The van der Waals surface area contributed by atoms with Crippen LogP contribution in [0.5, 0.6) is 0 Å². The zero-order valence-electron chi connectivity index (χ0n) is 17.5. The Kier molecular flexibility index (Phi) is 11.5. The largest absolute Gasteiger partial charge is 0.352 e. The van der Waals surface area contributed by atoms with Crippen LogP contribution >= 0.6 is 47.2 Å². The number of anilines is 1. The average molecular weight is 564 g/mol. The Hall–Kier alpha value is -1.55. The van der Waals surface area contributed by atoms with Gasteiger partial charge in [-0.25, -0.2) is 0 Å². The first-order valence-electron chi connectivity index (χ1n) is 9.24. The predicted octanol–water partition coefficient (Wildman–Crippen LogP) is 4.54. The molecule has 2 rings (SSSR count). The Bertz CT molecular complexity index is 876. The van der Waals surface area contributed by atoms with Gasteiger partial charge >= 0.3 is 0 Å². The molecule has 0 saturated heterocycles. The highest BCUT2D eigenvalue weighted by Crippen LogP contribution is 2.26. The molecule has 6 nitrogen and oxygen atoms in total. The summed E-state index contributed by atoms with van der Waals surface area (Å²) < 4.78 is 0. The normalized spacial score (nSPS) is 12.2. The molecule has 0 radical (unpaired) electrons. The maximum atomic E-state index is 11.9. The number of guanidine groups is 1. The van der Waals surface area contributed by atoms with Crippen molar-refractivity contribution in [2.24, 2.45) is 4.99 Å². The number of carbonyl (C=O) groups excluding carboxylic acids is 1. The van der Waals surface area contributed by atoms with E-state index in [1.54, 1.807) is 13.1 Å². The van der Waals surface area contributed by atoms with E-state index >= 15 is 0 Å². The third-order valence-electron chi connectivity index (χ3n) is 4.14. The standard InChI is InChI=1S/C21H27Cl2N5O.HI/c1-14(18-9-8-16(22)11-19(18)23)26-21(24-2)25-12-15-6-5-7-17(10-15)27-20(29)13-28(3)4;/h5-11,14H,12-13H2,1-4H3,(H,27,29)(H2,24,25,26);1H. The summed E-state index contributed by atoms with van der Waals surface area (Å²) in [5.41, 5.74) is 2.72. The summed E-state index contributed by atoms with van der Waals surface area (Å²) >= 11 is 12.3. The van der Waals surface area contributed by atoms with Gasteiger partial charge in [0.25, 0.3) is 0 Å². The molecule has 0 aliphatic carbocycles. The van der Waals surface area contributed by atoms with Gasteiger partial charge in [-0.05, 0) is 56.4 Å². The Morgan fingerprint density at radius 1 is 1.17 bits per heavy atom. The van der Waals surface area contributed by atoms with Crippen molar-refractivity contribution in [2.75, 3.05) is 33.0 Å². The summed E-state index contributed by atoms with van der Waals surface area (Å²) in [7, 11) is 5.43. The molecule has 0 aromatic heterocycles. The molecule has 2 aromatic carbocycles. The van der Waals surface area contributed by atoms with Gasteiger partial charge in [0.2, 0.25) is 5.91 Å². The fourth-order valence-electron chi connectivity index (χ4n) is 2.76. The predicted molar refractivity (Wildman–Crippen MR) is 137 cm³/mol. The minimum Gasteiger partial charge on any atom is -0.352 e. The smallest absolute Gasteiger partial charge is 0.238 e. The number of nitrogens with zero attached hydrogens (tertiary/aromatic N) is 2. The zero-order valence-corrected chi connectivity index (χ0v) is 21.3. The number of aliphatic imine (C=N–C) groups is 1. The number of hydrogen-bond acceptors (Lipinski definition) is 3. The van der Waals surface area contributed by atoms with Crippen molar-refractivity contribution in [1.29, 1.82) is 0 Å². The van der Waals surface area contributed by atoms with E-state index in [0.717, 1.165) is 16.8 Å². The van der Waals surface area contributed by atoms with Gasteiger partial charge < -0.3 is 20.9 Å². The first kappa shape index (κ1) is 26.5. The lowest BCUT2D eigenvalue weighted by Crippen LogP contribution is -2.38. The highest BCUT2D eigenvalue weighted by Gasteiger charge is 2.12. The molecular weight excluding hydrogens is 536 g/mol. The third kappa shape index (κ3) is 8.67. The topological polar surface area (TPSA) is 68.8 Å². The number of rotatable bonds is 7. The van der Waals surface area contributed by atoms with E-state index in [1.807, 2.05) is 62.3 Å². The Balaban J connectivity index is 0.00000450. The van der Waals surface area contributed by atoms with Crippen LogP contribution in [0.15, 0.2) is 47.5 Å². The quantitative estimate of drug-likeness (QED) is 0.263. The molecule has 1 unspecified atom stereocenters. The summed E-state index contributed by atoms with van der Waals surface area (Å²) in [5, 5.41) is 10.7. The first-order valence-corrected chi connectivity index (χ1v) is 9.99. The lowest BCUT2D eigenvalue weighted by Gasteiger charge is -2.19. The summed E-state index contributed by atoms with van der Waals surface area (Å²) in [6.07, 6.45) is 0. The summed E-state index contributed by atoms with van der Waals surface area (Å²) in [5.74, 6) is 0.594. The van der Waals surface area contributed by atoms with Crippen molar-refractivity contribution in [3.8, 4) is 0 Å². The highest BCUT2D eigenvalue weighted by molar-refractivity contribution is 14.0. The molecule has 3 N–H and O–H groups in total. The SMILES string of the molecule is CN=C(NCc1cccc(NC(=O)CN(C)C)c1)NC(C)c1ccc(Cl)cc1Cl.I. The fraction of sp³-hybridized carbons (Fsp3) is 0.333. The minimum absolute atomic E-state index is 0. The number of carbonyl (C=O) groups is 1. The number of halogens is 3. The Morgan fingerprint density at radius 3 is 2.53 bits per heavy atom. The van der Waals surface area contributed by atoms with Crippen LogP contribution < -0.4 is 16.0 Å². The average Bonchev–Trinajstić information content (AvgIpc) is 2.64. The number of likely N-dealkylation sites (N-methyl/N-ethyl adjacent to an activating group) is 1. The molecule has 9 heteroatoms. The van der Waals surface area contributed by atoms with Gasteiger partial charge in [-0.15, -0.1) is 24.0 Å². The van der Waals surface area contributed by atoms with Crippen molar-refractivity contribution in [1.82, 2.24) is 15.5 Å². The van der Waals surface area contributed by atoms with Crippen LogP contribution in [-0.2, 0) is 11.3 Å². The van der Waals surface area contributed by atoms with Gasteiger partial charge in [-0.2, -0.15) is 0 Å². The lowest BCUT2D eigenvalue weighted by molar-refractivity contribution is -0.116. The molecule has 0 heterocycles. The van der Waals surface area contributed by atoms with Gasteiger partial charge in [-0.1, -0.05) is 41.4 Å². The van der Waals surface area contributed by atoms with Crippen LogP contribution in [0.4, 0.5) is 5.69 Å². The molecule has 0 saturated carbocycles. The van der Waals surface area contributed by atoms with E-state index in [0.29, 0.717) is 29.1 Å². The summed E-state index contributed by atoms with van der Waals surface area (Å²) in [4.78, 5) is 18.0. The molecule has 2 aromatic rings. The molecule has 0 aliphatic heterocycles. The van der Waals surface area contributed by atoms with Crippen LogP contribution in [-0.4, -0.2) is 44.5 Å². The third-order valence-corrected chi connectivity index (χ3v) is 4.70. The van der Waals surface area contributed by atoms with Crippen LogP contribution in [0.3, 0.4) is 0 Å². The van der Waals surface area contributed by atoms with Crippen molar-refractivity contribution >= 4 is 64.7 Å². The zero-order chi connectivity index (χ0) is 21.4. The van der Waals surface area contributed by atoms with E-state index in [9.17, 15) is 4.79 Å². The number of amides is 1. The molecule has 164 valence electrons. The molecule has 0 aliphatic rings. The Morgan fingerprint density at radius 2 is 1.90 bits per heavy atom. The second-order valence-electron chi connectivity index (χ2n) is 6.94. The molecule has 0 bridgehead atoms. The number of hydrogen-bond donors (Lipinski definition) is 3. The van der Waals surface area contributed by atoms with Crippen molar-refractivity contribution in [2.45, 2.75) is 19.5 Å². The van der Waals surface area contributed by atoms with Gasteiger partial charge in [0.15, 0.2) is 5.96 Å². The summed E-state index contributed by atoms with van der Waals surface area (Å²) in [6.45, 7) is 2.89. The molecule has 1 amide bonds. The minimum atomic E-state index is -0.0531. The summed E-state index contributed by atoms with van der Waals surface area (Å²) in [6, 6.07) is 13.1. The molecule has 0 spiro atoms. The van der Waals surface area contributed by atoms with Crippen LogP contribution in [0.1, 0.15) is 24.1 Å².